The molecule has 20 nitrogen and oxygen atoms in total. The molecule has 53 heavy (non-hydrogen) atoms. The van der Waals surface area contributed by atoms with Crippen LogP contribution in [0.5, 0.6) is 0 Å². The fourth-order valence-electron chi connectivity index (χ4n) is 5.17. The molecule has 0 aliphatic heterocycles. The number of carboxylic acid groups (broad SMARTS) is 3. The van der Waals surface area contributed by atoms with Gasteiger partial charge in [-0.15, -0.1) is 0 Å². The number of hydrogen-bond acceptors (Lipinski definition) is 11. The Balaban J connectivity index is 3.38. The summed E-state index contributed by atoms with van der Waals surface area (Å²) in [5.41, 5.74) is 16.9. The molecule has 0 aromatic heterocycles. The lowest BCUT2D eigenvalue weighted by Crippen LogP contribution is -2.61. The minimum absolute atomic E-state index is 0.0109. The second-order valence-electron chi connectivity index (χ2n) is 12.6. The highest BCUT2D eigenvalue weighted by molar-refractivity contribution is 5.98. The van der Waals surface area contributed by atoms with Gasteiger partial charge in [-0.3, -0.25) is 38.4 Å². The topological polar surface area (TPSA) is 344 Å². The van der Waals surface area contributed by atoms with Crippen LogP contribution in [-0.2, 0) is 49.6 Å². The predicted octanol–water partition coefficient (Wildman–Crippen LogP) is -2.84. The average Bonchev–Trinajstić information content (AvgIpc) is 3.06. The van der Waals surface area contributed by atoms with Crippen LogP contribution < -0.4 is 38.5 Å². The number of unbranched alkanes of at least 4 members (excludes halogenated alkanes) is 1. The maximum Gasteiger partial charge on any atom is 0.326 e. The molecule has 0 heterocycles. The zero-order valence-corrected chi connectivity index (χ0v) is 29.8. The minimum Gasteiger partial charge on any atom is -0.481 e. The highest BCUT2D eigenvalue weighted by Gasteiger charge is 2.38. The molecule has 1 rings (SSSR count). The first-order chi connectivity index (χ1) is 24.8. The van der Waals surface area contributed by atoms with Crippen molar-refractivity contribution in [3.05, 3.63) is 35.9 Å². The lowest BCUT2D eigenvalue weighted by atomic mass is 10.0. The van der Waals surface area contributed by atoms with Crippen molar-refractivity contribution >= 4 is 53.4 Å². The standard InChI is InChI=1S/C33H50N8O12/c1-17(2)41(32(51)22(16-27(45)46)39-29(48)20(35)14-26(43)44)24(11-7-8-12-34)31(50)37-18(3)28(47)38-21(13-19-9-5-4-6-10-19)30(49)40-23(33(52)53)15-25(36)42/h4-6,9-10,17-18,20-24H,7-8,11-16,34-35H2,1-3H3,(H2,36,42)(H,37,50)(H,38,47)(H,39,48)(H,40,49)(H,43,44)(H,45,46)(H,52,53)/t18-,20-,21-,22-,23-,24-/m0/s1. The van der Waals surface area contributed by atoms with Gasteiger partial charge in [0.25, 0.3) is 0 Å². The molecule has 0 unspecified atom stereocenters. The Labute approximate surface area is 305 Å². The number of carboxylic acids is 3. The highest BCUT2D eigenvalue weighted by Crippen LogP contribution is 2.17. The van der Waals surface area contributed by atoms with E-state index >= 15 is 0 Å². The van der Waals surface area contributed by atoms with Crippen molar-refractivity contribution in [2.24, 2.45) is 17.2 Å². The van der Waals surface area contributed by atoms with Gasteiger partial charge in [0.15, 0.2) is 0 Å². The van der Waals surface area contributed by atoms with E-state index in [0.29, 0.717) is 18.4 Å². The van der Waals surface area contributed by atoms with Gasteiger partial charge in [-0.05, 0) is 52.1 Å². The Morgan fingerprint density at radius 1 is 0.698 bits per heavy atom. The largest absolute Gasteiger partial charge is 0.481 e. The number of nitrogens with two attached hydrogens (primary N) is 3. The van der Waals surface area contributed by atoms with Crippen LogP contribution in [0, 0.1) is 0 Å². The molecule has 20 heteroatoms. The van der Waals surface area contributed by atoms with Gasteiger partial charge in [0.2, 0.25) is 35.4 Å². The van der Waals surface area contributed by atoms with Crippen molar-refractivity contribution in [2.45, 2.75) is 108 Å². The van der Waals surface area contributed by atoms with E-state index in [9.17, 15) is 53.4 Å². The summed E-state index contributed by atoms with van der Waals surface area (Å²) in [6.45, 7) is 4.58. The maximum atomic E-state index is 13.9. The molecular weight excluding hydrogens is 700 g/mol. The van der Waals surface area contributed by atoms with Crippen LogP contribution in [-0.4, -0.2) is 122 Å². The molecule has 0 bridgehead atoms. The lowest BCUT2D eigenvalue weighted by molar-refractivity contribution is -0.149. The molecule has 0 saturated carbocycles. The van der Waals surface area contributed by atoms with E-state index in [-0.39, 0.29) is 19.4 Å². The number of amides is 6. The third-order valence-electron chi connectivity index (χ3n) is 7.79. The molecule has 0 spiro atoms. The Morgan fingerprint density at radius 2 is 1.26 bits per heavy atom. The van der Waals surface area contributed by atoms with Crippen LogP contribution in [0.4, 0.5) is 0 Å². The second-order valence-corrected chi connectivity index (χ2v) is 12.6. The summed E-state index contributed by atoms with van der Waals surface area (Å²) in [5, 5.41) is 37.3. The number of carbonyl (C=O) groups is 9. The number of aliphatic carboxylic acids is 3. The number of nitrogens with one attached hydrogen (secondary N) is 4. The number of primary amides is 1. The van der Waals surface area contributed by atoms with Crippen LogP contribution in [0.1, 0.15) is 64.9 Å². The van der Waals surface area contributed by atoms with Gasteiger partial charge in [0, 0.05) is 12.5 Å². The van der Waals surface area contributed by atoms with E-state index in [0.717, 1.165) is 4.90 Å². The molecule has 0 radical (unpaired) electrons. The normalized spacial score (nSPS) is 14.3. The number of hydrogen-bond donors (Lipinski definition) is 10. The third-order valence-corrected chi connectivity index (χ3v) is 7.79. The van der Waals surface area contributed by atoms with Gasteiger partial charge in [-0.2, -0.15) is 0 Å². The maximum absolute atomic E-state index is 13.9. The molecule has 1 aromatic rings. The van der Waals surface area contributed by atoms with E-state index in [2.05, 4.69) is 21.3 Å². The summed E-state index contributed by atoms with van der Waals surface area (Å²) in [5.74, 6) is -10.2. The van der Waals surface area contributed by atoms with E-state index in [4.69, 9.17) is 22.3 Å². The summed E-state index contributed by atoms with van der Waals surface area (Å²) >= 11 is 0. The van der Waals surface area contributed by atoms with Crippen LogP contribution in [0.3, 0.4) is 0 Å². The monoisotopic (exact) mass is 750 g/mol. The van der Waals surface area contributed by atoms with Crippen molar-refractivity contribution in [3.63, 3.8) is 0 Å². The number of rotatable bonds is 24. The predicted molar refractivity (Wildman–Crippen MR) is 186 cm³/mol. The van der Waals surface area contributed by atoms with Crippen molar-refractivity contribution in [3.8, 4) is 0 Å². The number of nitrogens with zero attached hydrogens (tertiary/aromatic N) is 1. The van der Waals surface area contributed by atoms with Crippen LogP contribution in [0.2, 0.25) is 0 Å². The quantitative estimate of drug-likeness (QED) is 0.0476. The fourth-order valence-corrected chi connectivity index (χ4v) is 5.17. The van der Waals surface area contributed by atoms with E-state index in [1.165, 1.54) is 20.8 Å². The Hall–Kier alpha value is -5.63. The first-order valence-electron chi connectivity index (χ1n) is 16.8. The molecule has 0 fully saturated rings. The molecule has 0 aliphatic carbocycles. The van der Waals surface area contributed by atoms with Crippen molar-refractivity contribution in [1.82, 2.24) is 26.2 Å². The SMILES string of the molecule is CC(C)N(C(=O)[C@H](CC(=O)O)NC(=O)[C@@H](N)CC(=O)O)[C@@H](CCCCN)C(=O)N[C@@H](C)C(=O)N[C@@H](Cc1ccccc1)C(=O)N[C@@H](CC(N)=O)C(=O)O. The van der Waals surface area contributed by atoms with Gasteiger partial charge < -0.3 is 58.7 Å². The molecule has 294 valence electrons. The summed E-state index contributed by atoms with van der Waals surface area (Å²) in [6, 6.07) is -1.56. The molecule has 0 aliphatic rings. The fraction of sp³-hybridized carbons (Fsp3) is 0.545. The average molecular weight is 751 g/mol. The first kappa shape index (κ1) is 45.4. The third kappa shape index (κ3) is 16.1. The summed E-state index contributed by atoms with van der Waals surface area (Å²) in [6.07, 6.45) is -1.86. The zero-order chi connectivity index (χ0) is 40.4. The number of carbonyl (C=O) groups excluding carboxylic acids is 6. The molecule has 6 atom stereocenters. The van der Waals surface area contributed by atoms with Gasteiger partial charge >= 0.3 is 17.9 Å². The van der Waals surface area contributed by atoms with Crippen LogP contribution in [0.15, 0.2) is 30.3 Å². The molecule has 13 N–H and O–H groups in total. The summed E-state index contributed by atoms with van der Waals surface area (Å²) in [4.78, 5) is 114. The van der Waals surface area contributed by atoms with Gasteiger partial charge in [0.05, 0.1) is 25.3 Å². The Morgan fingerprint density at radius 3 is 1.77 bits per heavy atom. The Bertz CT molecular complexity index is 1470. The van der Waals surface area contributed by atoms with Crippen molar-refractivity contribution in [1.29, 1.82) is 0 Å². The minimum atomic E-state index is -1.76. The first-order valence-corrected chi connectivity index (χ1v) is 16.8. The van der Waals surface area contributed by atoms with Gasteiger partial charge in [0.1, 0.15) is 30.2 Å². The molecule has 0 saturated heterocycles. The Kier molecular flexibility index (Phi) is 19.1. The smallest absolute Gasteiger partial charge is 0.326 e. The second kappa shape index (κ2) is 22.3. The zero-order valence-electron chi connectivity index (χ0n) is 29.8. The number of benzene rings is 1. The van der Waals surface area contributed by atoms with Crippen LogP contribution in [0.25, 0.3) is 0 Å². The molecule has 6 amide bonds. The van der Waals surface area contributed by atoms with Crippen molar-refractivity contribution < 1.29 is 58.5 Å². The van der Waals surface area contributed by atoms with Gasteiger partial charge in [-0.1, -0.05) is 30.3 Å². The van der Waals surface area contributed by atoms with Crippen molar-refractivity contribution in [2.75, 3.05) is 6.54 Å². The molecular formula is C33H50N8O12. The summed E-state index contributed by atoms with van der Waals surface area (Å²) in [7, 11) is 0. The van der Waals surface area contributed by atoms with Crippen LogP contribution >= 0.6 is 0 Å². The van der Waals surface area contributed by atoms with E-state index in [1.54, 1.807) is 30.3 Å². The van der Waals surface area contributed by atoms with Gasteiger partial charge in [-0.25, -0.2) is 4.79 Å². The molecule has 1 aromatic carbocycles. The lowest BCUT2D eigenvalue weighted by Gasteiger charge is -2.37. The summed E-state index contributed by atoms with van der Waals surface area (Å²) < 4.78 is 0. The van der Waals surface area contributed by atoms with E-state index in [1.807, 2.05) is 0 Å². The highest BCUT2D eigenvalue weighted by atomic mass is 16.4. The van der Waals surface area contributed by atoms with E-state index < -0.39 is 115 Å².